The summed E-state index contributed by atoms with van der Waals surface area (Å²) in [6, 6.07) is 0.521. The van der Waals surface area contributed by atoms with E-state index in [4.69, 9.17) is 0 Å². The maximum atomic E-state index is 13.3. The minimum absolute atomic E-state index is 0.365. The van der Waals surface area contributed by atoms with Gasteiger partial charge in [-0.2, -0.15) is 0 Å². The molecule has 3 nitrogen and oxygen atoms in total. The first-order valence-corrected chi connectivity index (χ1v) is 6.43. The molecule has 3 rings (SSSR count). The van der Waals surface area contributed by atoms with E-state index in [9.17, 15) is 4.39 Å². The third-order valence-electron chi connectivity index (χ3n) is 3.44. The highest BCUT2D eigenvalue weighted by molar-refractivity contribution is 9.08. The zero-order valence-electron chi connectivity index (χ0n) is 8.58. The van der Waals surface area contributed by atoms with E-state index in [0.29, 0.717) is 17.8 Å². The lowest BCUT2D eigenvalue weighted by atomic mass is 10.1. The Morgan fingerprint density at radius 2 is 2.20 bits per heavy atom. The number of hydrogen-bond acceptors (Lipinski definition) is 2. The normalized spacial score (nSPS) is 34.5. The molecular weight excluding hydrogens is 261 g/mol. The number of hydrogen-bond donors (Lipinski definition) is 0. The Morgan fingerprint density at radius 1 is 1.53 bits per heavy atom. The molecule has 1 heterocycles. The second-order valence-corrected chi connectivity index (χ2v) is 5.32. The average Bonchev–Trinajstić information content (AvgIpc) is 3.09. The molecule has 82 valence electrons. The maximum absolute atomic E-state index is 13.3. The van der Waals surface area contributed by atoms with E-state index in [2.05, 4.69) is 30.7 Å². The van der Waals surface area contributed by atoms with E-state index in [1.54, 1.807) is 0 Å². The fourth-order valence-electron chi connectivity index (χ4n) is 2.07. The predicted octanol–water partition coefficient (Wildman–Crippen LogP) is 2.51. The molecule has 0 aliphatic heterocycles. The van der Waals surface area contributed by atoms with Crippen LogP contribution in [0.15, 0.2) is 0 Å². The maximum Gasteiger partial charge on any atom is 0.143 e. The summed E-state index contributed by atoms with van der Waals surface area (Å²) >= 11 is 3.40. The molecule has 2 aliphatic carbocycles. The van der Waals surface area contributed by atoms with Gasteiger partial charge in [0.1, 0.15) is 17.8 Å². The molecule has 5 heteroatoms. The van der Waals surface area contributed by atoms with Gasteiger partial charge in [-0.25, -0.2) is 4.39 Å². The molecule has 2 fully saturated rings. The second-order valence-electron chi connectivity index (χ2n) is 4.76. The van der Waals surface area contributed by atoms with Crippen LogP contribution in [0.2, 0.25) is 0 Å². The van der Waals surface area contributed by atoms with Gasteiger partial charge in [0.15, 0.2) is 0 Å². The van der Waals surface area contributed by atoms with Crippen molar-refractivity contribution < 1.29 is 4.39 Å². The van der Waals surface area contributed by atoms with Crippen molar-refractivity contribution in [3.8, 4) is 0 Å². The first-order chi connectivity index (χ1) is 7.16. The summed E-state index contributed by atoms with van der Waals surface area (Å²) in [5.74, 6) is 1.79. The predicted molar refractivity (Wildman–Crippen MR) is 57.8 cm³/mol. The highest BCUT2D eigenvalue weighted by atomic mass is 79.9. The molecule has 2 aliphatic rings. The van der Waals surface area contributed by atoms with E-state index in [1.165, 1.54) is 12.8 Å². The second kappa shape index (κ2) is 3.03. The first-order valence-electron chi connectivity index (χ1n) is 5.31. The molecule has 1 aromatic heterocycles. The van der Waals surface area contributed by atoms with Gasteiger partial charge < -0.3 is 4.57 Å². The van der Waals surface area contributed by atoms with Gasteiger partial charge in [0, 0.05) is 6.04 Å². The molecule has 2 unspecified atom stereocenters. The Balaban J connectivity index is 2.04. The molecular formula is C10H13BrFN3. The summed E-state index contributed by atoms with van der Waals surface area (Å²) in [6.07, 6.45) is 2.22. The summed E-state index contributed by atoms with van der Waals surface area (Å²) in [6.45, 7) is 1.94. The summed E-state index contributed by atoms with van der Waals surface area (Å²) in [4.78, 5) is 0. The van der Waals surface area contributed by atoms with Gasteiger partial charge >= 0.3 is 0 Å². The summed E-state index contributed by atoms with van der Waals surface area (Å²) in [5, 5.41) is 9.01. The minimum Gasteiger partial charge on any atom is -0.311 e. The van der Waals surface area contributed by atoms with Crippen molar-refractivity contribution in [3.05, 3.63) is 11.6 Å². The van der Waals surface area contributed by atoms with Crippen LogP contribution in [-0.2, 0) is 10.7 Å². The van der Waals surface area contributed by atoms with Crippen LogP contribution in [0.25, 0.3) is 0 Å². The van der Waals surface area contributed by atoms with E-state index in [1.807, 2.05) is 6.92 Å². The van der Waals surface area contributed by atoms with Gasteiger partial charge in [-0.15, -0.1) is 10.2 Å². The molecule has 2 atom stereocenters. The lowest BCUT2D eigenvalue weighted by Crippen LogP contribution is -2.15. The van der Waals surface area contributed by atoms with Crippen molar-refractivity contribution in [1.82, 2.24) is 14.8 Å². The Bertz CT molecular complexity index is 401. The summed E-state index contributed by atoms with van der Waals surface area (Å²) in [7, 11) is 0. The number of alkyl halides is 2. The SMILES string of the molecule is CC1(c2nnc(CBr)n2C2CC2)CC1F. The monoisotopic (exact) mass is 273 g/mol. The molecule has 15 heavy (non-hydrogen) atoms. The molecule has 0 radical (unpaired) electrons. The summed E-state index contributed by atoms with van der Waals surface area (Å²) < 4.78 is 15.5. The van der Waals surface area contributed by atoms with Crippen LogP contribution in [0.4, 0.5) is 4.39 Å². The van der Waals surface area contributed by atoms with Crippen LogP contribution >= 0.6 is 15.9 Å². The fraction of sp³-hybridized carbons (Fsp3) is 0.800. The molecule has 0 aromatic carbocycles. The number of nitrogens with zero attached hydrogens (tertiary/aromatic N) is 3. The van der Waals surface area contributed by atoms with Crippen molar-refractivity contribution in [1.29, 1.82) is 0 Å². The van der Waals surface area contributed by atoms with Gasteiger partial charge in [-0.1, -0.05) is 15.9 Å². The average molecular weight is 274 g/mol. The van der Waals surface area contributed by atoms with Gasteiger partial charge in [-0.05, 0) is 26.2 Å². The molecule has 0 amide bonds. The fourth-order valence-corrected chi connectivity index (χ4v) is 2.45. The first kappa shape index (κ1) is 9.75. The molecule has 0 N–H and O–H groups in total. The van der Waals surface area contributed by atoms with E-state index in [-0.39, 0.29) is 5.41 Å². The van der Waals surface area contributed by atoms with Crippen LogP contribution in [0.3, 0.4) is 0 Å². The Hall–Kier alpha value is -0.450. The van der Waals surface area contributed by atoms with Crippen LogP contribution < -0.4 is 0 Å². The molecule has 1 aromatic rings. The van der Waals surface area contributed by atoms with Gasteiger partial charge in [0.2, 0.25) is 0 Å². The lowest BCUT2D eigenvalue weighted by molar-refractivity contribution is 0.416. The molecule has 0 saturated heterocycles. The Morgan fingerprint density at radius 3 is 2.67 bits per heavy atom. The van der Waals surface area contributed by atoms with Crippen molar-refractivity contribution in [3.63, 3.8) is 0 Å². The molecule has 0 spiro atoms. The van der Waals surface area contributed by atoms with E-state index < -0.39 is 6.17 Å². The summed E-state index contributed by atoms with van der Waals surface area (Å²) in [5.41, 5.74) is -0.365. The Kier molecular flexibility index (Phi) is 1.97. The minimum atomic E-state index is -0.734. The van der Waals surface area contributed by atoms with Crippen LogP contribution in [0, 0.1) is 0 Å². The third kappa shape index (κ3) is 1.35. The molecule has 2 saturated carbocycles. The van der Waals surface area contributed by atoms with Crippen molar-refractivity contribution in [2.24, 2.45) is 0 Å². The number of aromatic nitrogens is 3. The van der Waals surface area contributed by atoms with Gasteiger partial charge in [0.25, 0.3) is 0 Å². The highest BCUT2D eigenvalue weighted by Crippen LogP contribution is 2.52. The smallest absolute Gasteiger partial charge is 0.143 e. The van der Waals surface area contributed by atoms with Crippen LogP contribution in [0.1, 0.15) is 43.9 Å². The number of halogens is 2. The van der Waals surface area contributed by atoms with Crippen LogP contribution in [0.5, 0.6) is 0 Å². The third-order valence-corrected chi connectivity index (χ3v) is 3.94. The van der Waals surface area contributed by atoms with E-state index >= 15 is 0 Å². The zero-order valence-corrected chi connectivity index (χ0v) is 10.2. The van der Waals surface area contributed by atoms with E-state index in [0.717, 1.165) is 11.6 Å². The van der Waals surface area contributed by atoms with Crippen molar-refractivity contribution >= 4 is 15.9 Å². The topological polar surface area (TPSA) is 30.7 Å². The molecule has 0 bridgehead atoms. The highest BCUT2D eigenvalue weighted by Gasteiger charge is 2.56. The number of rotatable bonds is 3. The van der Waals surface area contributed by atoms with Crippen molar-refractivity contribution in [2.45, 2.75) is 49.1 Å². The standard InChI is InChI=1S/C10H13BrFN3/c1-10(4-7(10)12)9-14-13-8(5-11)15(9)6-2-3-6/h6-7H,2-5H2,1H3. The quantitative estimate of drug-likeness (QED) is 0.793. The van der Waals surface area contributed by atoms with Gasteiger partial charge in [-0.3, -0.25) is 0 Å². The largest absolute Gasteiger partial charge is 0.311 e. The van der Waals surface area contributed by atoms with Gasteiger partial charge in [0.05, 0.1) is 10.7 Å². The van der Waals surface area contributed by atoms with Crippen LogP contribution in [-0.4, -0.2) is 20.9 Å². The zero-order chi connectivity index (χ0) is 10.6. The van der Waals surface area contributed by atoms with Crippen molar-refractivity contribution in [2.75, 3.05) is 0 Å². The Labute approximate surface area is 96.2 Å². The lowest BCUT2D eigenvalue weighted by Gasteiger charge is -2.11.